The van der Waals surface area contributed by atoms with Crippen LogP contribution in [0.4, 0.5) is 5.69 Å². The largest absolute Gasteiger partial charge is 0.490 e. The van der Waals surface area contributed by atoms with Crippen LogP contribution in [0.1, 0.15) is 29.8 Å². The van der Waals surface area contributed by atoms with E-state index in [9.17, 15) is 0 Å². The van der Waals surface area contributed by atoms with E-state index in [1.54, 1.807) is 0 Å². The number of benzene rings is 1. The van der Waals surface area contributed by atoms with E-state index in [2.05, 4.69) is 50.0 Å². The number of likely N-dealkylation sites (N-methyl/N-ethyl adjacent to an activating group) is 1. The van der Waals surface area contributed by atoms with Crippen molar-refractivity contribution in [3.8, 4) is 5.75 Å². The number of nitrogens with two attached hydrogens (primary N) is 1. The third-order valence-corrected chi connectivity index (χ3v) is 6.94. The Hall–Kier alpha value is -3.57. The Kier molecular flexibility index (Phi) is 5.37. The molecule has 0 spiro atoms. The Balaban J connectivity index is 1.30. The van der Waals surface area contributed by atoms with E-state index in [0.717, 1.165) is 66.7 Å². The number of aromatic amines is 1. The number of aryl methyl sites for hydroxylation is 1. The van der Waals surface area contributed by atoms with Gasteiger partial charge in [-0.25, -0.2) is 4.99 Å². The van der Waals surface area contributed by atoms with Gasteiger partial charge in [-0.3, -0.25) is 15.8 Å². The molecule has 0 amide bonds. The molecule has 5 heterocycles. The highest BCUT2D eigenvalue weighted by Gasteiger charge is 2.46. The Morgan fingerprint density at radius 2 is 2.09 bits per heavy atom. The minimum Gasteiger partial charge on any atom is -0.490 e. The van der Waals surface area contributed by atoms with Crippen LogP contribution in [0.25, 0.3) is 0 Å². The van der Waals surface area contributed by atoms with Crippen molar-refractivity contribution in [2.24, 2.45) is 15.7 Å². The van der Waals surface area contributed by atoms with Crippen molar-refractivity contribution in [2.75, 3.05) is 38.3 Å². The highest BCUT2D eigenvalue weighted by atomic mass is 16.5. The van der Waals surface area contributed by atoms with E-state index in [1.165, 1.54) is 0 Å². The van der Waals surface area contributed by atoms with E-state index in [4.69, 9.17) is 25.2 Å². The van der Waals surface area contributed by atoms with Crippen LogP contribution in [-0.2, 0) is 16.9 Å². The minimum atomic E-state index is -1.17. The zero-order valence-electron chi connectivity index (χ0n) is 20.0. The number of fused-ring (bicyclic) bond motifs is 2. The lowest BCUT2D eigenvalue weighted by Crippen LogP contribution is -2.51. The molecule has 11 nitrogen and oxygen atoms in total. The fourth-order valence-corrected chi connectivity index (χ4v) is 4.93. The number of hydrogen-bond acceptors (Lipinski definition) is 10. The molecule has 0 radical (unpaired) electrons. The van der Waals surface area contributed by atoms with Gasteiger partial charge in [0.1, 0.15) is 18.1 Å². The molecule has 0 bridgehead atoms. The topological polar surface area (TPSA) is 128 Å². The molecule has 4 aliphatic rings. The smallest absolute Gasteiger partial charge is 0.222 e. The van der Waals surface area contributed by atoms with Crippen molar-refractivity contribution in [3.63, 3.8) is 0 Å². The second-order valence-electron chi connectivity index (χ2n) is 9.40. The summed E-state index contributed by atoms with van der Waals surface area (Å²) in [6, 6.07) is 8.41. The molecule has 184 valence electrons. The lowest BCUT2D eigenvalue weighted by atomic mass is 9.95. The van der Waals surface area contributed by atoms with E-state index in [1.807, 2.05) is 25.3 Å². The van der Waals surface area contributed by atoms with Crippen LogP contribution in [0, 0.1) is 6.92 Å². The lowest BCUT2D eigenvalue weighted by Gasteiger charge is -2.36. The van der Waals surface area contributed by atoms with Crippen molar-refractivity contribution in [3.05, 3.63) is 53.0 Å². The second-order valence-corrected chi connectivity index (χ2v) is 9.40. The Morgan fingerprint density at radius 1 is 1.23 bits per heavy atom. The molecule has 1 atom stereocenters. The normalized spacial score (nSPS) is 24.0. The molecule has 5 N–H and O–H groups in total. The quantitative estimate of drug-likeness (QED) is 0.515. The summed E-state index contributed by atoms with van der Waals surface area (Å²) in [6.07, 6.45) is 3.73. The molecule has 1 aromatic heterocycles. The highest BCUT2D eigenvalue weighted by Crippen LogP contribution is 2.36. The van der Waals surface area contributed by atoms with Gasteiger partial charge in [-0.05, 0) is 43.5 Å². The fourth-order valence-electron chi connectivity index (χ4n) is 4.93. The van der Waals surface area contributed by atoms with Gasteiger partial charge in [-0.1, -0.05) is 6.07 Å². The predicted octanol–water partition coefficient (Wildman–Crippen LogP) is 1.10. The maximum atomic E-state index is 6.97. The summed E-state index contributed by atoms with van der Waals surface area (Å²) in [5.41, 5.74) is 13.7. The zero-order valence-corrected chi connectivity index (χ0v) is 20.0. The second kappa shape index (κ2) is 8.58. The molecule has 11 heteroatoms. The van der Waals surface area contributed by atoms with Crippen molar-refractivity contribution in [1.82, 2.24) is 25.9 Å². The van der Waals surface area contributed by atoms with Crippen LogP contribution in [0.5, 0.6) is 5.75 Å². The minimum absolute atomic E-state index is 0.261. The summed E-state index contributed by atoms with van der Waals surface area (Å²) in [5, 5.41) is 13.0. The predicted molar refractivity (Wildman–Crippen MR) is 133 cm³/mol. The third kappa shape index (κ3) is 3.90. The molecule has 1 aromatic carbocycles. The molecule has 2 aromatic rings. The first-order valence-electron chi connectivity index (χ1n) is 12.1. The van der Waals surface area contributed by atoms with Crippen LogP contribution >= 0.6 is 0 Å². The number of nitrogens with one attached hydrogen (secondary N) is 3. The molecule has 1 unspecified atom stereocenters. The van der Waals surface area contributed by atoms with Gasteiger partial charge in [-0.15, -0.1) is 0 Å². The number of H-pyrrole nitrogens is 1. The highest BCUT2D eigenvalue weighted by molar-refractivity contribution is 6.10. The molecule has 1 saturated heterocycles. The maximum Gasteiger partial charge on any atom is 0.222 e. The zero-order chi connectivity index (χ0) is 24.0. The number of anilines is 1. The summed E-state index contributed by atoms with van der Waals surface area (Å²) in [6.45, 7) is 5.53. The van der Waals surface area contributed by atoms with E-state index < -0.39 is 5.66 Å². The molecule has 1 fully saturated rings. The van der Waals surface area contributed by atoms with Crippen molar-refractivity contribution >= 4 is 17.5 Å². The van der Waals surface area contributed by atoms with Gasteiger partial charge in [0.15, 0.2) is 11.5 Å². The van der Waals surface area contributed by atoms with Crippen molar-refractivity contribution in [2.45, 2.75) is 38.0 Å². The number of nitrogens with zero attached hydrogens (tertiary/aromatic N) is 5. The first-order chi connectivity index (χ1) is 17.0. The van der Waals surface area contributed by atoms with Crippen LogP contribution in [-0.4, -0.2) is 66.5 Å². The summed E-state index contributed by atoms with van der Waals surface area (Å²) in [5.74, 6) is 2.16. The van der Waals surface area contributed by atoms with Gasteiger partial charge < -0.3 is 25.1 Å². The van der Waals surface area contributed by atoms with E-state index in [-0.39, 0.29) is 6.04 Å². The third-order valence-electron chi connectivity index (χ3n) is 6.94. The van der Waals surface area contributed by atoms with Crippen molar-refractivity contribution < 1.29 is 9.47 Å². The van der Waals surface area contributed by atoms with Crippen LogP contribution in [0.15, 0.2) is 46.0 Å². The first kappa shape index (κ1) is 21.9. The summed E-state index contributed by atoms with van der Waals surface area (Å²) >= 11 is 0. The molecule has 4 aliphatic heterocycles. The Bertz CT molecular complexity index is 1210. The fraction of sp³-hybridized carbons (Fsp3) is 0.458. The number of hydrazine groups is 1. The summed E-state index contributed by atoms with van der Waals surface area (Å²) < 4.78 is 11.3. The number of ether oxygens (including phenoxy) is 2. The monoisotopic (exact) mass is 477 g/mol. The molecular formula is C24H31N9O2. The van der Waals surface area contributed by atoms with Gasteiger partial charge in [0.25, 0.3) is 0 Å². The number of guanidine groups is 1. The Labute approximate surface area is 204 Å². The summed E-state index contributed by atoms with van der Waals surface area (Å²) in [4.78, 5) is 12.0. The number of rotatable bonds is 4. The standard InChI is InChI=1S/C24H31N9O2/c1-15-11-21(31-30-15)24(25)18-14-27-33(17-5-8-34-9-6-17)22(18)28-23(29-24)26-13-16-3-4-20-19(12-16)32(2)7-10-35-20/h3-4,11-12,14,17,27H,5-10,13,25H2,1-2H3,(H,26,29)(H,30,31). The van der Waals surface area contributed by atoms with Gasteiger partial charge >= 0.3 is 0 Å². The van der Waals surface area contributed by atoms with E-state index in [0.29, 0.717) is 24.8 Å². The number of amidine groups is 1. The van der Waals surface area contributed by atoms with Crippen LogP contribution in [0.2, 0.25) is 0 Å². The van der Waals surface area contributed by atoms with E-state index >= 15 is 0 Å². The SMILES string of the molecule is Cc1cc(C2(N)N=C(NCc3ccc4c(c3)N(C)CCO4)N=C3C2=CNN3C2CCOCC2)n[nH]1. The average molecular weight is 478 g/mol. The average Bonchev–Trinajstić information content (AvgIpc) is 3.51. The molecule has 35 heavy (non-hydrogen) atoms. The first-order valence-corrected chi connectivity index (χ1v) is 12.1. The Morgan fingerprint density at radius 3 is 2.89 bits per heavy atom. The molecule has 0 saturated carbocycles. The van der Waals surface area contributed by atoms with Crippen LogP contribution in [0.3, 0.4) is 0 Å². The van der Waals surface area contributed by atoms with Gasteiger partial charge in [0.05, 0.1) is 23.8 Å². The molecular weight excluding hydrogens is 446 g/mol. The van der Waals surface area contributed by atoms with Gasteiger partial charge in [0, 0.05) is 38.7 Å². The number of hydrogen-bond donors (Lipinski definition) is 4. The number of aromatic nitrogens is 2. The number of aliphatic imine (C=N–C) groups is 2. The molecule has 6 rings (SSSR count). The summed E-state index contributed by atoms with van der Waals surface area (Å²) in [7, 11) is 2.08. The van der Waals surface area contributed by atoms with Gasteiger partial charge in [0.2, 0.25) is 5.96 Å². The van der Waals surface area contributed by atoms with Gasteiger partial charge in [-0.2, -0.15) is 10.1 Å². The van der Waals surface area contributed by atoms with Crippen LogP contribution < -0.4 is 26.1 Å². The molecule has 0 aliphatic carbocycles. The van der Waals surface area contributed by atoms with Crippen molar-refractivity contribution in [1.29, 1.82) is 0 Å². The lowest BCUT2D eigenvalue weighted by molar-refractivity contribution is 0.0488. The maximum absolute atomic E-state index is 6.97.